The molecule has 0 aromatic carbocycles. The summed E-state index contributed by atoms with van der Waals surface area (Å²) in [4.78, 5) is 34.4. The van der Waals surface area contributed by atoms with Gasteiger partial charge in [-0.05, 0) is 26.3 Å². The quantitative estimate of drug-likeness (QED) is 0.610. The second-order valence-corrected chi connectivity index (χ2v) is 4.62. The molecule has 0 saturated heterocycles. The lowest BCUT2D eigenvalue weighted by Gasteiger charge is -2.08. The molecule has 0 spiro atoms. The number of aromatic nitrogens is 1. The van der Waals surface area contributed by atoms with Crippen molar-refractivity contribution >= 4 is 17.6 Å². The Labute approximate surface area is 118 Å². The zero-order chi connectivity index (χ0) is 15.3. The van der Waals surface area contributed by atoms with Crippen LogP contribution in [-0.4, -0.2) is 35.8 Å². The number of nitrogens with zero attached hydrogens (tertiary/aromatic N) is 1. The van der Waals surface area contributed by atoms with Crippen LogP contribution in [0.25, 0.3) is 0 Å². The first-order valence-electron chi connectivity index (χ1n) is 6.62. The summed E-state index contributed by atoms with van der Waals surface area (Å²) in [5, 5.41) is 4.51. The SMILES string of the molecule is CCCn1c(C)cc(C(=O)CNC(=O)C(=O)NC)c1C. The highest BCUT2D eigenvalue weighted by atomic mass is 16.2. The van der Waals surface area contributed by atoms with E-state index in [9.17, 15) is 14.4 Å². The Morgan fingerprint density at radius 3 is 2.40 bits per heavy atom. The molecule has 1 rings (SSSR count). The molecule has 20 heavy (non-hydrogen) atoms. The first kappa shape index (κ1) is 15.9. The third-order valence-electron chi connectivity index (χ3n) is 3.16. The second-order valence-electron chi connectivity index (χ2n) is 4.62. The molecule has 0 saturated carbocycles. The smallest absolute Gasteiger partial charge is 0.309 e. The number of rotatable bonds is 5. The molecule has 1 aromatic heterocycles. The number of amides is 2. The van der Waals surface area contributed by atoms with Crippen LogP contribution in [0.5, 0.6) is 0 Å². The maximum atomic E-state index is 12.1. The van der Waals surface area contributed by atoms with Crippen LogP contribution < -0.4 is 10.6 Å². The summed E-state index contributed by atoms with van der Waals surface area (Å²) in [6.45, 7) is 6.58. The number of aryl methyl sites for hydroxylation is 1. The minimum atomic E-state index is -0.803. The van der Waals surface area contributed by atoms with Gasteiger partial charge in [-0.2, -0.15) is 0 Å². The number of likely N-dealkylation sites (N-methyl/N-ethyl adjacent to an activating group) is 1. The highest BCUT2D eigenvalue weighted by molar-refractivity contribution is 6.35. The molecule has 1 heterocycles. The molecule has 0 aliphatic carbocycles. The van der Waals surface area contributed by atoms with Crippen LogP contribution in [0.15, 0.2) is 6.07 Å². The molecule has 2 N–H and O–H groups in total. The fourth-order valence-corrected chi connectivity index (χ4v) is 2.10. The molecule has 0 aliphatic rings. The van der Waals surface area contributed by atoms with Crippen molar-refractivity contribution in [2.24, 2.45) is 0 Å². The van der Waals surface area contributed by atoms with E-state index >= 15 is 0 Å². The van der Waals surface area contributed by atoms with E-state index in [1.165, 1.54) is 7.05 Å². The van der Waals surface area contributed by atoms with Gasteiger partial charge in [-0.25, -0.2) is 0 Å². The van der Waals surface area contributed by atoms with Crippen molar-refractivity contribution in [1.29, 1.82) is 0 Å². The van der Waals surface area contributed by atoms with Crippen LogP contribution in [0, 0.1) is 13.8 Å². The lowest BCUT2D eigenvalue weighted by Crippen LogP contribution is -2.40. The molecule has 0 radical (unpaired) electrons. The number of ketones is 1. The highest BCUT2D eigenvalue weighted by Gasteiger charge is 2.17. The topological polar surface area (TPSA) is 80.2 Å². The van der Waals surface area contributed by atoms with Gasteiger partial charge in [-0.3, -0.25) is 14.4 Å². The Morgan fingerprint density at radius 1 is 1.20 bits per heavy atom. The molecular formula is C14H21N3O3. The zero-order valence-electron chi connectivity index (χ0n) is 12.4. The van der Waals surface area contributed by atoms with Crippen molar-refractivity contribution in [1.82, 2.24) is 15.2 Å². The van der Waals surface area contributed by atoms with E-state index in [2.05, 4.69) is 22.1 Å². The first-order chi connectivity index (χ1) is 9.42. The van der Waals surface area contributed by atoms with Crippen molar-refractivity contribution in [3.63, 3.8) is 0 Å². The van der Waals surface area contributed by atoms with E-state index in [-0.39, 0.29) is 12.3 Å². The zero-order valence-corrected chi connectivity index (χ0v) is 12.4. The fourth-order valence-electron chi connectivity index (χ4n) is 2.10. The minimum absolute atomic E-state index is 0.178. The molecule has 0 unspecified atom stereocenters. The first-order valence-corrected chi connectivity index (χ1v) is 6.62. The third-order valence-corrected chi connectivity index (χ3v) is 3.16. The van der Waals surface area contributed by atoms with Crippen molar-refractivity contribution < 1.29 is 14.4 Å². The van der Waals surface area contributed by atoms with Gasteiger partial charge in [-0.15, -0.1) is 0 Å². The van der Waals surface area contributed by atoms with Gasteiger partial charge >= 0.3 is 11.8 Å². The number of hydrogen-bond donors (Lipinski definition) is 2. The number of nitrogens with one attached hydrogen (secondary N) is 2. The fraction of sp³-hybridized carbons (Fsp3) is 0.500. The normalized spacial score (nSPS) is 10.2. The van der Waals surface area contributed by atoms with E-state index in [1.54, 1.807) is 0 Å². The number of Topliss-reactive ketones (excluding diaryl/α,β-unsaturated/α-hetero) is 1. The minimum Gasteiger partial charge on any atom is -0.351 e. The summed E-state index contributed by atoms with van der Waals surface area (Å²) in [7, 11) is 1.36. The van der Waals surface area contributed by atoms with Crippen molar-refractivity contribution in [3.8, 4) is 0 Å². The van der Waals surface area contributed by atoms with Crippen LogP contribution in [0.4, 0.5) is 0 Å². The van der Waals surface area contributed by atoms with Crippen LogP contribution >= 0.6 is 0 Å². The Bertz CT molecular complexity index is 532. The number of carbonyl (C=O) groups excluding carboxylic acids is 3. The Balaban J connectivity index is 2.76. The van der Waals surface area contributed by atoms with E-state index in [1.807, 2.05) is 19.9 Å². The van der Waals surface area contributed by atoms with E-state index in [4.69, 9.17) is 0 Å². The predicted molar refractivity (Wildman–Crippen MR) is 75.6 cm³/mol. The Kier molecular flexibility index (Phi) is 5.49. The molecule has 1 aromatic rings. The molecular weight excluding hydrogens is 258 g/mol. The Hall–Kier alpha value is -2.11. The van der Waals surface area contributed by atoms with Crippen LogP contribution in [-0.2, 0) is 16.1 Å². The molecule has 110 valence electrons. The van der Waals surface area contributed by atoms with Gasteiger partial charge in [0, 0.05) is 30.5 Å². The largest absolute Gasteiger partial charge is 0.351 e. The van der Waals surface area contributed by atoms with E-state index in [0.29, 0.717) is 5.56 Å². The van der Waals surface area contributed by atoms with E-state index in [0.717, 1.165) is 24.4 Å². The summed E-state index contributed by atoms with van der Waals surface area (Å²) in [6, 6.07) is 1.82. The molecule has 2 amide bonds. The molecule has 0 bridgehead atoms. The molecule has 0 atom stereocenters. The van der Waals surface area contributed by atoms with Gasteiger partial charge in [0.05, 0.1) is 6.54 Å². The number of hydrogen-bond acceptors (Lipinski definition) is 3. The maximum absolute atomic E-state index is 12.1. The van der Waals surface area contributed by atoms with E-state index < -0.39 is 11.8 Å². The molecule has 6 nitrogen and oxygen atoms in total. The monoisotopic (exact) mass is 279 g/mol. The maximum Gasteiger partial charge on any atom is 0.309 e. The van der Waals surface area contributed by atoms with Gasteiger partial charge in [0.15, 0.2) is 5.78 Å². The van der Waals surface area contributed by atoms with Gasteiger partial charge in [0.25, 0.3) is 0 Å². The lowest BCUT2D eigenvalue weighted by atomic mass is 10.1. The standard InChI is InChI=1S/C14H21N3O3/c1-5-6-17-9(2)7-11(10(17)3)12(18)8-16-14(20)13(19)15-4/h7H,5-6,8H2,1-4H3,(H,15,19)(H,16,20). The molecule has 0 aliphatic heterocycles. The summed E-state index contributed by atoms with van der Waals surface area (Å²) in [6.07, 6.45) is 0.984. The summed E-state index contributed by atoms with van der Waals surface area (Å²) >= 11 is 0. The lowest BCUT2D eigenvalue weighted by molar-refractivity contribution is -0.138. The van der Waals surface area contributed by atoms with Gasteiger partial charge in [-0.1, -0.05) is 6.92 Å². The average molecular weight is 279 g/mol. The summed E-state index contributed by atoms with van der Waals surface area (Å²) in [5.74, 6) is -1.75. The summed E-state index contributed by atoms with van der Waals surface area (Å²) in [5.41, 5.74) is 2.50. The Morgan fingerprint density at radius 2 is 1.85 bits per heavy atom. The van der Waals surface area contributed by atoms with Crippen LogP contribution in [0.3, 0.4) is 0 Å². The third kappa shape index (κ3) is 3.46. The predicted octanol–water partition coefficient (Wildman–Crippen LogP) is 0.560. The van der Waals surface area contributed by atoms with Gasteiger partial charge < -0.3 is 15.2 Å². The molecule has 0 fully saturated rings. The van der Waals surface area contributed by atoms with Crippen molar-refractivity contribution in [2.45, 2.75) is 33.7 Å². The van der Waals surface area contributed by atoms with Gasteiger partial charge in [0.1, 0.15) is 0 Å². The van der Waals surface area contributed by atoms with Crippen molar-refractivity contribution in [2.75, 3.05) is 13.6 Å². The molecule has 6 heteroatoms. The second kappa shape index (κ2) is 6.88. The highest BCUT2D eigenvalue weighted by Crippen LogP contribution is 2.16. The average Bonchev–Trinajstić information content (AvgIpc) is 2.72. The summed E-state index contributed by atoms with van der Waals surface area (Å²) < 4.78 is 2.08. The van der Waals surface area contributed by atoms with Crippen LogP contribution in [0.2, 0.25) is 0 Å². The van der Waals surface area contributed by atoms with Crippen molar-refractivity contribution in [3.05, 3.63) is 23.0 Å². The number of carbonyl (C=O) groups is 3. The van der Waals surface area contributed by atoms with Crippen LogP contribution in [0.1, 0.15) is 35.1 Å². The van der Waals surface area contributed by atoms with Gasteiger partial charge in [0.2, 0.25) is 0 Å².